The molecule has 6 heteroatoms. The van der Waals surface area contributed by atoms with Gasteiger partial charge in [0, 0.05) is 61.8 Å². The van der Waals surface area contributed by atoms with Gasteiger partial charge in [-0.2, -0.15) is 0 Å². The fourth-order valence-corrected chi connectivity index (χ4v) is 4.12. The first kappa shape index (κ1) is 20.6. The molecule has 2 N–H and O–H groups in total. The molecule has 0 spiro atoms. The van der Waals surface area contributed by atoms with Crippen LogP contribution in [0.1, 0.15) is 11.1 Å². The van der Waals surface area contributed by atoms with Gasteiger partial charge in [-0.05, 0) is 43.9 Å². The van der Waals surface area contributed by atoms with Gasteiger partial charge in [0.2, 0.25) is 0 Å². The highest BCUT2D eigenvalue weighted by Crippen LogP contribution is 2.23. The lowest BCUT2D eigenvalue weighted by atomic mass is 10.0. The van der Waals surface area contributed by atoms with E-state index in [4.69, 9.17) is 10.7 Å². The number of piperazine rings is 1. The number of anilines is 1. The molecule has 0 atom stereocenters. The van der Waals surface area contributed by atoms with Gasteiger partial charge in [-0.25, -0.2) is 4.39 Å². The molecule has 2 aromatic rings. The Labute approximate surface area is 178 Å². The summed E-state index contributed by atoms with van der Waals surface area (Å²) < 4.78 is 14.6. The zero-order chi connectivity index (χ0) is 21.1. The SMILES string of the molecule is CN1CCN(c2cccc(CN=C(C3=C(N)CN(C)C3)c3ccccc3F)c2)CC1. The molecule has 2 aromatic carbocycles. The Kier molecular flexibility index (Phi) is 6.16. The number of benzene rings is 2. The smallest absolute Gasteiger partial charge is 0.132 e. The highest BCUT2D eigenvalue weighted by molar-refractivity contribution is 6.13. The predicted octanol–water partition coefficient (Wildman–Crippen LogP) is 2.73. The van der Waals surface area contributed by atoms with Crippen LogP contribution in [-0.2, 0) is 6.54 Å². The molecular formula is C24H30FN5. The van der Waals surface area contributed by atoms with E-state index < -0.39 is 0 Å². The summed E-state index contributed by atoms with van der Waals surface area (Å²) in [6.45, 7) is 6.05. The molecule has 158 valence electrons. The standard InChI is InChI=1S/C24H30FN5/c1-28-10-12-30(13-11-28)19-7-5-6-18(14-19)15-27-24(20-8-3-4-9-22(20)25)21-16-29(2)17-23(21)26/h3-9,14H,10-13,15-17,26H2,1-2H3. The summed E-state index contributed by atoms with van der Waals surface area (Å²) in [5.41, 5.74) is 11.5. The molecule has 2 aliphatic rings. The summed E-state index contributed by atoms with van der Waals surface area (Å²) in [4.78, 5) is 11.8. The Bertz CT molecular complexity index is 960. The maximum Gasteiger partial charge on any atom is 0.132 e. The average Bonchev–Trinajstić information content (AvgIpc) is 3.08. The fraction of sp³-hybridized carbons (Fsp3) is 0.375. The lowest BCUT2D eigenvalue weighted by molar-refractivity contribution is 0.313. The monoisotopic (exact) mass is 407 g/mol. The lowest BCUT2D eigenvalue weighted by Gasteiger charge is -2.34. The summed E-state index contributed by atoms with van der Waals surface area (Å²) >= 11 is 0. The van der Waals surface area contributed by atoms with Crippen molar-refractivity contribution in [3.8, 4) is 0 Å². The molecule has 0 unspecified atom stereocenters. The first-order valence-electron chi connectivity index (χ1n) is 10.5. The fourth-order valence-electron chi connectivity index (χ4n) is 4.12. The van der Waals surface area contributed by atoms with Crippen LogP contribution in [-0.4, -0.2) is 68.9 Å². The van der Waals surface area contributed by atoms with Gasteiger partial charge in [-0.15, -0.1) is 0 Å². The molecule has 4 rings (SSSR count). The molecule has 2 aliphatic heterocycles. The molecule has 1 saturated heterocycles. The van der Waals surface area contributed by atoms with Crippen molar-refractivity contribution in [1.82, 2.24) is 9.80 Å². The van der Waals surface area contributed by atoms with Crippen LogP contribution in [0.2, 0.25) is 0 Å². The number of rotatable bonds is 5. The molecule has 0 aliphatic carbocycles. The van der Waals surface area contributed by atoms with Gasteiger partial charge in [-0.1, -0.05) is 24.3 Å². The first-order chi connectivity index (χ1) is 14.5. The van der Waals surface area contributed by atoms with E-state index in [9.17, 15) is 4.39 Å². The molecule has 0 radical (unpaired) electrons. The van der Waals surface area contributed by atoms with Gasteiger partial charge in [0.25, 0.3) is 0 Å². The van der Waals surface area contributed by atoms with E-state index in [1.165, 1.54) is 11.8 Å². The van der Waals surface area contributed by atoms with Crippen molar-refractivity contribution in [3.63, 3.8) is 0 Å². The Morgan fingerprint density at radius 3 is 2.43 bits per heavy atom. The van der Waals surface area contributed by atoms with E-state index in [-0.39, 0.29) is 5.82 Å². The number of likely N-dealkylation sites (N-methyl/N-ethyl adjacent to an activating group) is 2. The molecule has 0 amide bonds. The summed E-state index contributed by atoms with van der Waals surface area (Å²) in [6.07, 6.45) is 0. The predicted molar refractivity (Wildman–Crippen MR) is 122 cm³/mol. The average molecular weight is 408 g/mol. The zero-order valence-corrected chi connectivity index (χ0v) is 17.8. The van der Waals surface area contributed by atoms with Crippen molar-refractivity contribution in [2.24, 2.45) is 10.7 Å². The number of nitrogens with two attached hydrogens (primary N) is 1. The largest absolute Gasteiger partial charge is 0.401 e. The third-order valence-electron chi connectivity index (χ3n) is 5.87. The maximum absolute atomic E-state index is 14.6. The Balaban J connectivity index is 1.61. The minimum absolute atomic E-state index is 0.266. The quantitative estimate of drug-likeness (QED) is 0.775. The lowest BCUT2D eigenvalue weighted by Crippen LogP contribution is -2.44. The molecular weight excluding hydrogens is 377 g/mol. The van der Waals surface area contributed by atoms with Crippen LogP contribution in [0.25, 0.3) is 0 Å². The van der Waals surface area contributed by atoms with Gasteiger partial charge in [0.05, 0.1) is 12.3 Å². The Morgan fingerprint density at radius 2 is 1.73 bits per heavy atom. The minimum Gasteiger partial charge on any atom is -0.401 e. The van der Waals surface area contributed by atoms with Crippen LogP contribution >= 0.6 is 0 Å². The van der Waals surface area contributed by atoms with Crippen LogP contribution in [0.15, 0.2) is 64.8 Å². The van der Waals surface area contributed by atoms with Gasteiger partial charge in [-0.3, -0.25) is 9.89 Å². The zero-order valence-electron chi connectivity index (χ0n) is 17.8. The normalized spacial score (nSPS) is 19.0. The van der Waals surface area contributed by atoms with Crippen molar-refractivity contribution in [3.05, 3.63) is 76.7 Å². The van der Waals surface area contributed by atoms with Crippen molar-refractivity contribution in [2.75, 3.05) is 58.3 Å². The van der Waals surface area contributed by atoms with E-state index >= 15 is 0 Å². The van der Waals surface area contributed by atoms with Crippen molar-refractivity contribution >= 4 is 11.4 Å². The summed E-state index contributed by atoms with van der Waals surface area (Å²) in [7, 11) is 4.17. The van der Waals surface area contributed by atoms with E-state index in [1.807, 2.05) is 13.1 Å². The molecule has 0 aromatic heterocycles. The number of aliphatic imine (C=N–C) groups is 1. The third-order valence-corrected chi connectivity index (χ3v) is 5.87. The number of halogens is 1. The Hall–Kier alpha value is -2.70. The second kappa shape index (κ2) is 8.98. The highest BCUT2D eigenvalue weighted by Gasteiger charge is 2.23. The topological polar surface area (TPSA) is 48.1 Å². The van der Waals surface area contributed by atoms with Crippen LogP contribution in [0.5, 0.6) is 0 Å². The van der Waals surface area contributed by atoms with E-state index in [1.54, 1.807) is 12.1 Å². The molecule has 5 nitrogen and oxygen atoms in total. The molecule has 0 saturated carbocycles. The van der Waals surface area contributed by atoms with Crippen LogP contribution < -0.4 is 10.6 Å². The van der Waals surface area contributed by atoms with Crippen LogP contribution in [0, 0.1) is 5.82 Å². The minimum atomic E-state index is -0.266. The van der Waals surface area contributed by atoms with Crippen LogP contribution in [0.4, 0.5) is 10.1 Å². The second-order valence-electron chi connectivity index (χ2n) is 8.28. The molecule has 2 heterocycles. The van der Waals surface area contributed by atoms with Gasteiger partial charge in [0.1, 0.15) is 5.82 Å². The molecule has 30 heavy (non-hydrogen) atoms. The van der Waals surface area contributed by atoms with Crippen molar-refractivity contribution < 1.29 is 4.39 Å². The molecule has 0 bridgehead atoms. The number of hydrogen-bond donors (Lipinski definition) is 1. The third kappa shape index (κ3) is 4.55. The summed E-state index contributed by atoms with van der Waals surface area (Å²) in [5.74, 6) is -0.266. The highest BCUT2D eigenvalue weighted by atomic mass is 19.1. The Morgan fingerprint density at radius 1 is 0.967 bits per heavy atom. The second-order valence-corrected chi connectivity index (χ2v) is 8.28. The van der Waals surface area contributed by atoms with Gasteiger partial charge >= 0.3 is 0 Å². The first-order valence-corrected chi connectivity index (χ1v) is 10.5. The number of nitrogens with zero attached hydrogens (tertiary/aromatic N) is 4. The van der Waals surface area contributed by atoms with Gasteiger partial charge in [0.15, 0.2) is 0 Å². The van der Waals surface area contributed by atoms with Crippen LogP contribution in [0.3, 0.4) is 0 Å². The van der Waals surface area contributed by atoms with Crippen molar-refractivity contribution in [1.29, 1.82) is 0 Å². The van der Waals surface area contributed by atoms with E-state index in [0.717, 1.165) is 43.0 Å². The van der Waals surface area contributed by atoms with Gasteiger partial charge < -0.3 is 15.5 Å². The summed E-state index contributed by atoms with van der Waals surface area (Å²) in [6, 6.07) is 15.3. The van der Waals surface area contributed by atoms with E-state index in [2.05, 4.69) is 46.0 Å². The van der Waals surface area contributed by atoms with Crippen molar-refractivity contribution in [2.45, 2.75) is 6.54 Å². The number of hydrogen-bond acceptors (Lipinski definition) is 5. The maximum atomic E-state index is 14.6. The summed E-state index contributed by atoms with van der Waals surface area (Å²) in [5, 5.41) is 0. The van der Waals surface area contributed by atoms with E-state index in [0.29, 0.717) is 30.9 Å². The molecule has 1 fully saturated rings.